The third-order valence-electron chi connectivity index (χ3n) is 3.18. The van der Waals surface area contributed by atoms with Gasteiger partial charge in [0.2, 0.25) is 0 Å². The van der Waals surface area contributed by atoms with Gasteiger partial charge in [-0.15, -0.1) is 0 Å². The molecule has 0 aliphatic heterocycles. The van der Waals surface area contributed by atoms with Gasteiger partial charge in [0.05, 0.1) is 4.92 Å². The highest BCUT2D eigenvalue weighted by Crippen LogP contribution is 2.22. The van der Waals surface area contributed by atoms with E-state index in [0.717, 1.165) is 25.5 Å². The van der Waals surface area contributed by atoms with E-state index in [1.165, 1.54) is 6.07 Å². The monoisotopic (exact) mass is 284 g/mol. The van der Waals surface area contributed by atoms with Crippen LogP contribution in [0.25, 0.3) is 0 Å². The zero-order chi connectivity index (χ0) is 14.0. The van der Waals surface area contributed by atoms with Crippen molar-refractivity contribution in [3.8, 4) is 0 Å². The van der Waals surface area contributed by atoms with E-state index in [1.807, 2.05) is 0 Å². The highest BCUT2D eigenvalue weighted by Gasteiger charge is 2.28. The minimum Gasteiger partial charge on any atom is -0.348 e. The standard InChI is InChI=1S/C11H13ClN4O3/c12-10-4-6(9(5-14-10)16(18)19)11(17)15-8-3-1-2-7(8)13/h4-5,7-8H,1-3,13H2,(H,15,17). The van der Waals surface area contributed by atoms with Crippen LogP contribution in [0.4, 0.5) is 5.69 Å². The molecule has 1 amide bonds. The molecule has 2 unspecified atom stereocenters. The summed E-state index contributed by atoms with van der Waals surface area (Å²) in [7, 11) is 0. The number of amides is 1. The predicted molar refractivity (Wildman–Crippen MR) is 69.0 cm³/mol. The SMILES string of the molecule is NC1CCCC1NC(=O)c1cc(Cl)ncc1[N+](=O)[O-]. The van der Waals surface area contributed by atoms with Gasteiger partial charge in [0.25, 0.3) is 11.6 Å². The number of hydrogen-bond acceptors (Lipinski definition) is 5. The summed E-state index contributed by atoms with van der Waals surface area (Å²) >= 11 is 5.67. The Morgan fingerprint density at radius 1 is 1.58 bits per heavy atom. The summed E-state index contributed by atoms with van der Waals surface area (Å²) in [5.74, 6) is -0.543. The lowest BCUT2D eigenvalue weighted by Crippen LogP contribution is -2.44. The summed E-state index contributed by atoms with van der Waals surface area (Å²) in [6, 6.07) is 0.925. The van der Waals surface area contributed by atoms with Gasteiger partial charge in [0.15, 0.2) is 0 Å². The van der Waals surface area contributed by atoms with Crippen LogP contribution in [0.2, 0.25) is 5.15 Å². The third-order valence-corrected chi connectivity index (χ3v) is 3.38. The van der Waals surface area contributed by atoms with Crippen molar-refractivity contribution in [3.05, 3.63) is 33.1 Å². The predicted octanol–water partition coefficient (Wildman–Crippen LogP) is 1.25. The molecule has 0 bridgehead atoms. The number of nitrogens with zero attached hydrogens (tertiary/aromatic N) is 2. The molecule has 0 spiro atoms. The van der Waals surface area contributed by atoms with Crippen LogP contribution in [0.1, 0.15) is 29.6 Å². The molecule has 102 valence electrons. The number of pyridine rings is 1. The largest absolute Gasteiger partial charge is 0.348 e. The van der Waals surface area contributed by atoms with E-state index in [-0.39, 0.29) is 28.5 Å². The molecule has 1 aromatic heterocycles. The number of nitrogens with one attached hydrogen (secondary N) is 1. The van der Waals surface area contributed by atoms with Crippen LogP contribution < -0.4 is 11.1 Å². The first-order valence-electron chi connectivity index (χ1n) is 5.85. The van der Waals surface area contributed by atoms with Crippen molar-refractivity contribution in [1.82, 2.24) is 10.3 Å². The van der Waals surface area contributed by atoms with Crippen molar-refractivity contribution < 1.29 is 9.72 Å². The summed E-state index contributed by atoms with van der Waals surface area (Å²) in [5.41, 5.74) is 5.39. The van der Waals surface area contributed by atoms with Crippen LogP contribution >= 0.6 is 11.6 Å². The van der Waals surface area contributed by atoms with Crippen LogP contribution in [0.3, 0.4) is 0 Å². The maximum atomic E-state index is 12.1. The molecule has 1 aromatic rings. The van der Waals surface area contributed by atoms with Gasteiger partial charge >= 0.3 is 0 Å². The normalized spacial score (nSPS) is 22.2. The molecule has 2 atom stereocenters. The fourth-order valence-corrected chi connectivity index (χ4v) is 2.32. The fraction of sp³-hybridized carbons (Fsp3) is 0.455. The summed E-state index contributed by atoms with van der Waals surface area (Å²) in [5, 5.41) is 13.6. The Morgan fingerprint density at radius 3 is 2.89 bits per heavy atom. The van der Waals surface area contributed by atoms with Crippen molar-refractivity contribution in [1.29, 1.82) is 0 Å². The van der Waals surface area contributed by atoms with E-state index in [2.05, 4.69) is 10.3 Å². The number of nitro groups is 1. The second kappa shape index (κ2) is 5.50. The highest BCUT2D eigenvalue weighted by molar-refractivity contribution is 6.29. The van der Waals surface area contributed by atoms with Gasteiger partial charge in [-0.3, -0.25) is 14.9 Å². The molecular weight excluding hydrogens is 272 g/mol. The van der Waals surface area contributed by atoms with Crippen LogP contribution in [-0.4, -0.2) is 27.9 Å². The molecule has 1 aliphatic carbocycles. The van der Waals surface area contributed by atoms with E-state index in [4.69, 9.17) is 17.3 Å². The van der Waals surface area contributed by atoms with Crippen LogP contribution in [-0.2, 0) is 0 Å². The first-order chi connectivity index (χ1) is 8.99. The molecule has 8 heteroatoms. The topological polar surface area (TPSA) is 111 Å². The number of hydrogen-bond donors (Lipinski definition) is 2. The summed E-state index contributed by atoms with van der Waals surface area (Å²) in [6.45, 7) is 0. The number of carbonyl (C=O) groups is 1. The quantitative estimate of drug-likeness (QED) is 0.493. The van der Waals surface area contributed by atoms with E-state index in [9.17, 15) is 14.9 Å². The molecule has 0 radical (unpaired) electrons. The molecule has 0 aromatic carbocycles. The van der Waals surface area contributed by atoms with Gasteiger partial charge < -0.3 is 11.1 Å². The lowest BCUT2D eigenvalue weighted by molar-refractivity contribution is -0.385. The lowest BCUT2D eigenvalue weighted by Gasteiger charge is -2.17. The molecule has 19 heavy (non-hydrogen) atoms. The van der Waals surface area contributed by atoms with Crippen LogP contribution in [0.15, 0.2) is 12.3 Å². The van der Waals surface area contributed by atoms with E-state index in [1.54, 1.807) is 0 Å². The van der Waals surface area contributed by atoms with Gasteiger partial charge in [-0.2, -0.15) is 0 Å². The van der Waals surface area contributed by atoms with Gasteiger partial charge in [-0.25, -0.2) is 4.98 Å². The number of rotatable bonds is 3. The van der Waals surface area contributed by atoms with Crippen molar-refractivity contribution in [3.63, 3.8) is 0 Å². The molecular formula is C11H13ClN4O3. The van der Waals surface area contributed by atoms with Crippen molar-refractivity contribution >= 4 is 23.2 Å². The fourth-order valence-electron chi connectivity index (χ4n) is 2.16. The molecule has 1 saturated carbocycles. The average Bonchev–Trinajstić information content (AvgIpc) is 2.74. The Labute approximate surface area is 114 Å². The highest BCUT2D eigenvalue weighted by atomic mass is 35.5. The molecule has 1 aliphatic rings. The van der Waals surface area contributed by atoms with E-state index >= 15 is 0 Å². The maximum Gasteiger partial charge on any atom is 0.300 e. The van der Waals surface area contributed by atoms with Crippen molar-refractivity contribution in [2.45, 2.75) is 31.3 Å². The zero-order valence-corrected chi connectivity index (χ0v) is 10.8. The smallest absolute Gasteiger partial charge is 0.300 e. The van der Waals surface area contributed by atoms with Gasteiger partial charge in [0, 0.05) is 12.1 Å². The average molecular weight is 285 g/mol. The molecule has 0 saturated heterocycles. The number of carbonyl (C=O) groups excluding carboxylic acids is 1. The summed E-state index contributed by atoms with van der Waals surface area (Å²) in [4.78, 5) is 25.9. The summed E-state index contributed by atoms with van der Waals surface area (Å²) in [6.07, 6.45) is 3.53. The van der Waals surface area contributed by atoms with Crippen LogP contribution in [0, 0.1) is 10.1 Å². The van der Waals surface area contributed by atoms with Gasteiger partial charge in [0.1, 0.15) is 16.9 Å². The van der Waals surface area contributed by atoms with E-state index in [0.29, 0.717) is 0 Å². The number of aromatic nitrogens is 1. The second-order valence-corrected chi connectivity index (χ2v) is 4.84. The molecule has 3 N–H and O–H groups in total. The lowest BCUT2D eigenvalue weighted by atomic mass is 10.1. The van der Waals surface area contributed by atoms with Crippen molar-refractivity contribution in [2.75, 3.05) is 0 Å². The Balaban J connectivity index is 2.22. The minimum atomic E-state index is -0.660. The second-order valence-electron chi connectivity index (χ2n) is 4.46. The number of halogens is 1. The Kier molecular flexibility index (Phi) is 3.96. The van der Waals surface area contributed by atoms with Crippen LogP contribution in [0.5, 0.6) is 0 Å². The Morgan fingerprint density at radius 2 is 2.32 bits per heavy atom. The summed E-state index contributed by atoms with van der Waals surface area (Å²) < 4.78 is 0. The van der Waals surface area contributed by atoms with Gasteiger partial charge in [-0.05, 0) is 25.3 Å². The first-order valence-corrected chi connectivity index (χ1v) is 6.23. The first kappa shape index (κ1) is 13.7. The maximum absolute atomic E-state index is 12.1. The molecule has 1 fully saturated rings. The van der Waals surface area contributed by atoms with Gasteiger partial charge in [-0.1, -0.05) is 11.6 Å². The van der Waals surface area contributed by atoms with E-state index < -0.39 is 10.8 Å². The third kappa shape index (κ3) is 2.99. The van der Waals surface area contributed by atoms with Crippen molar-refractivity contribution in [2.24, 2.45) is 5.73 Å². The molecule has 2 rings (SSSR count). The Bertz CT molecular complexity index is 523. The number of nitrogens with two attached hydrogens (primary N) is 1. The Hall–Kier alpha value is -1.73. The molecule has 7 nitrogen and oxygen atoms in total. The molecule has 1 heterocycles. The zero-order valence-electron chi connectivity index (χ0n) is 10.0. The minimum absolute atomic E-state index is 0.0338.